The van der Waals surface area contributed by atoms with E-state index in [1.165, 1.54) is 17.8 Å². The molecule has 0 atom stereocenters. The Kier molecular flexibility index (Phi) is 5.65. The van der Waals surface area contributed by atoms with Crippen molar-refractivity contribution in [3.63, 3.8) is 0 Å². The molecule has 7 nitrogen and oxygen atoms in total. The number of rotatable bonds is 5. The standard InChI is InChI=1S/C18H25N5O2/c1-2-7-23-14-15(12-20-23)13-21-8-4-9-22(11-10-21)18(25)17-16(24)5-3-6-19-17/h3,5-6,12,14,24H,2,4,7-11,13H2,1H3. The molecule has 0 unspecified atom stereocenters. The van der Waals surface area contributed by atoms with Crippen LogP contribution in [0.4, 0.5) is 0 Å². The lowest BCUT2D eigenvalue weighted by atomic mass is 10.2. The Labute approximate surface area is 147 Å². The van der Waals surface area contributed by atoms with E-state index in [-0.39, 0.29) is 17.4 Å². The summed E-state index contributed by atoms with van der Waals surface area (Å²) in [5.41, 5.74) is 1.34. The lowest BCUT2D eigenvalue weighted by Crippen LogP contribution is -2.35. The van der Waals surface area contributed by atoms with E-state index in [1.54, 1.807) is 11.0 Å². The van der Waals surface area contributed by atoms with Gasteiger partial charge in [0.05, 0.1) is 6.20 Å². The number of aryl methyl sites for hydroxylation is 1. The van der Waals surface area contributed by atoms with Gasteiger partial charge in [-0.15, -0.1) is 0 Å². The SMILES string of the molecule is CCCn1cc(CN2CCCN(C(=O)c3ncccc3O)CC2)cn1. The molecule has 25 heavy (non-hydrogen) atoms. The fourth-order valence-electron chi connectivity index (χ4n) is 3.14. The molecule has 1 fully saturated rings. The second-order valence-corrected chi connectivity index (χ2v) is 6.40. The highest BCUT2D eigenvalue weighted by Crippen LogP contribution is 2.17. The minimum Gasteiger partial charge on any atom is -0.505 e. The molecule has 7 heteroatoms. The summed E-state index contributed by atoms with van der Waals surface area (Å²) in [6, 6.07) is 3.12. The van der Waals surface area contributed by atoms with Crippen LogP contribution in [0, 0.1) is 0 Å². The summed E-state index contributed by atoms with van der Waals surface area (Å²) in [7, 11) is 0. The first kappa shape index (κ1) is 17.4. The van der Waals surface area contributed by atoms with Crippen LogP contribution in [0.5, 0.6) is 5.75 Å². The molecule has 1 saturated heterocycles. The fraction of sp³-hybridized carbons (Fsp3) is 0.500. The van der Waals surface area contributed by atoms with E-state index in [0.717, 1.165) is 39.0 Å². The van der Waals surface area contributed by atoms with Crippen LogP contribution in [-0.2, 0) is 13.1 Å². The molecule has 2 aromatic rings. The smallest absolute Gasteiger partial charge is 0.276 e. The third kappa shape index (κ3) is 4.36. The van der Waals surface area contributed by atoms with Crippen LogP contribution >= 0.6 is 0 Å². The molecule has 0 radical (unpaired) electrons. The summed E-state index contributed by atoms with van der Waals surface area (Å²) in [6.07, 6.45) is 7.54. The molecular formula is C18H25N5O2. The van der Waals surface area contributed by atoms with Gasteiger partial charge in [-0.25, -0.2) is 4.98 Å². The third-order valence-electron chi connectivity index (χ3n) is 4.41. The molecule has 2 aromatic heterocycles. The van der Waals surface area contributed by atoms with Crippen molar-refractivity contribution in [1.29, 1.82) is 0 Å². The van der Waals surface area contributed by atoms with Gasteiger partial charge in [-0.05, 0) is 25.0 Å². The summed E-state index contributed by atoms with van der Waals surface area (Å²) < 4.78 is 1.98. The maximum atomic E-state index is 12.6. The Bertz CT molecular complexity index is 715. The molecule has 1 amide bonds. The first-order valence-corrected chi connectivity index (χ1v) is 8.84. The summed E-state index contributed by atoms with van der Waals surface area (Å²) >= 11 is 0. The first-order valence-electron chi connectivity index (χ1n) is 8.84. The van der Waals surface area contributed by atoms with Gasteiger partial charge >= 0.3 is 0 Å². The number of carbonyl (C=O) groups excluding carboxylic acids is 1. The van der Waals surface area contributed by atoms with Crippen molar-refractivity contribution in [2.24, 2.45) is 0 Å². The van der Waals surface area contributed by atoms with Crippen molar-refractivity contribution < 1.29 is 9.90 Å². The minimum atomic E-state index is -0.198. The lowest BCUT2D eigenvalue weighted by molar-refractivity contribution is 0.0752. The van der Waals surface area contributed by atoms with Gasteiger partial charge in [0.25, 0.3) is 5.91 Å². The Morgan fingerprint density at radius 1 is 1.28 bits per heavy atom. The number of aromatic nitrogens is 3. The molecule has 1 aliphatic heterocycles. The highest BCUT2D eigenvalue weighted by Gasteiger charge is 2.23. The average Bonchev–Trinajstić information content (AvgIpc) is 2.91. The van der Waals surface area contributed by atoms with Gasteiger partial charge in [0.1, 0.15) is 5.75 Å². The van der Waals surface area contributed by atoms with Gasteiger partial charge in [0.2, 0.25) is 0 Å². The minimum absolute atomic E-state index is 0.0584. The molecule has 1 N–H and O–H groups in total. The summed E-state index contributed by atoms with van der Waals surface area (Å²) in [5, 5.41) is 14.2. The van der Waals surface area contributed by atoms with Gasteiger partial charge in [0, 0.05) is 57.2 Å². The van der Waals surface area contributed by atoms with Crippen molar-refractivity contribution in [2.45, 2.75) is 32.9 Å². The zero-order valence-electron chi connectivity index (χ0n) is 14.6. The van der Waals surface area contributed by atoms with Crippen LogP contribution in [0.3, 0.4) is 0 Å². The number of aromatic hydroxyl groups is 1. The van der Waals surface area contributed by atoms with Gasteiger partial charge < -0.3 is 10.0 Å². The fourth-order valence-corrected chi connectivity index (χ4v) is 3.14. The van der Waals surface area contributed by atoms with Gasteiger partial charge in [-0.1, -0.05) is 6.92 Å². The van der Waals surface area contributed by atoms with E-state index < -0.39 is 0 Å². The zero-order chi connectivity index (χ0) is 17.6. The number of nitrogens with zero attached hydrogens (tertiary/aromatic N) is 5. The van der Waals surface area contributed by atoms with Crippen LogP contribution in [-0.4, -0.2) is 61.8 Å². The van der Waals surface area contributed by atoms with E-state index in [0.29, 0.717) is 13.1 Å². The Balaban J connectivity index is 1.58. The predicted octanol–water partition coefficient (Wildman–Crippen LogP) is 1.74. The van der Waals surface area contributed by atoms with E-state index in [1.807, 2.05) is 10.9 Å². The maximum Gasteiger partial charge on any atom is 0.276 e. The highest BCUT2D eigenvalue weighted by molar-refractivity contribution is 5.94. The molecule has 3 heterocycles. The third-order valence-corrected chi connectivity index (χ3v) is 4.41. The number of pyridine rings is 1. The first-order chi connectivity index (χ1) is 12.2. The summed E-state index contributed by atoms with van der Waals surface area (Å²) in [6.45, 7) is 6.99. The van der Waals surface area contributed by atoms with Crippen LogP contribution in [0.15, 0.2) is 30.7 Å². The topological polar surface area (TPSA) is 74.5 Å². The second kappa shape index (κ2) is 8.11. The molecule has 0 spiro atoms. The van der Waals surface area contributed by atoms with Crippen LogP contribution in [0.1, 0.15) is 35.8 Å². The number of hydrogen-bond donors (Lipinski definition) is 1. The average molecular weight is 343 g/mol. The van der Waals surface area contributed by atoms with Gasteiger partial charge in [0.15, 0.2) is 5.69 Å². The van der Waals surface area contributed by atoms with E-state index >= 15 is 0 Å². The zero-order valence-corrected chi connectivity index (χ0v) is 14.6. The number of hydrogen-bond acceptors (Lipinski definition) is 5. The van der Waals surface area contributed by atoms with Crippen molar-refractivity contribution in [3.8, 4) is 5.75 Å². The molecule has 1 aliphatic rings. The number of carbonyl (C=O) groups is 1. The normalized spacial score (nSPS) is 16.0. The predicted molar refractivity (Wildman–Crippen MR) is 94.2 cm³/mol. The van der Waals surface area contributed by atoms with Crippen molar-refractivity contribution in [2.75, 3.05) is 26.2 Å². The van der Waals surface area contributed by atoms with Crippen molar-refractivity contribution in [3.05, 3.63) is 42.0 Å². The highest BCUT2D eigenvalue weighted by atomic mass is 16.3. The second-order valence-electron chi connectivity index (χ2n) is 6.40. The van der Waals surface area contributed by atoms with E-state index in [4.69, 9.17) is 0 Å². The van der Waals surface area contributed by atoms with E-state index in [9.17, 15) is 9.90 Å². The molecule has 3 rings (SSSR count). The molecule has 0 saturated carbocycles. The Morgan fingerprint density at radius 3 is 2.96 bits per heavy atom. The Morgan fingerprint density at radius 2 is 2.16 bits per heavy atom. The molecule has 0 bridgehead atoms. The van der Waals surface area contributed by atoms with Crippen molar-refractivity contribution >= 4 is 5.91 Å². The number of amides is 1. The lowest BCUT2D eigenvalue weighted by Gasteiger charge is -2.21. The van der Waals surface area contributed by atoms with Gasteiger partial charge in [-0.2, -0.15) is 5.10 Å². The monoisotopic (exact) mass is 343 g/mol. The molecule has 0 aliphatic carbocycles. The quantitative estimate of drug-likeness (QED) is 0.895. The summed E-state index contributed by atoms with van der Waals surface area (Å²) in [5.74, 6) is -0.257. The maximum absolute atomic E-state index is 12.6. The Hall–Kier alpha value is -2.41. The van der Waals surface area contributed by atoms with Gasteiger partial charge in [-0.3, -0.25) is 14.4 Å². The van der Waals surface area contributed by atoms with Crippen LogP contribution in [0.2, 0.25) is 0 Å². The molecular weight excluding hydrogens is 318 g/mol. The van der Waals surface area contributed by atoms with Crippen LogP contribution in [0.25, 0.3) is 0 Å². The summed E-state index contributed by atoms with van der Waals surface area (Å²) in [4.78, 5) is 20.7. The van der Waals surface area contributed by atoms with E-state index in [2.05, 4.69) is 28.1 Å². The molecule has 0 aromatic carbocycles. The molecule has 134 valence electrons. The largest absolute Gasteiger partial charge is 0.505 e. The van der Waals surface area contributed by atoms with Crippen molar-refractivity contribution in [1.82, 2.24) is 24.6 Å². The van der Waals surface area contributed by atoms with Crippen LogP contribution < -0.4 is 0 Å².